The molecule has 5 N–H and O–H groups in total. The van der Waals surface area contributed by atoms with Crippen molar-refractivity contribution < 1.29 is 13.2 Å². The van der Waals surface area contributed by atoms with E-state index in [1.807, 2.05) is 0 Å². The molecule has 0 bridgehead atoms. The first-order valence-corrected chi connectivity index (χ1v) is 7.44. The van der Waals surface area contributed by atoms with Gasteiger partial charge in [0.2, 0.25) is 15.9 Å². The number of hydrogen-bond acceptors (Lipinski definition) is 4. The number of primary sulfonamides is 1. The maximum Gasteiger partial charge on any atom is 0.238 e. The van der Waals surface area contributed by atoms with Gasteiger partial charge in [-0.15, -0.1) is 0 Å². The fourth-order valence-corrected chi connectivity index (χ4v) is 2.22. The molecule has 6 nitrogen and oxygen atoms in total. The lowest BCUT2D eigenvalue weighted by molar-refractivity contribution is -0.116. The van der Waals surface area contributed by atoms with E-state index in [0.29, 0.717) is 25.1 Å². The molecule has 0 aliphatic carbocycles. The lowest BCUT2D eigenvalue weighted by Crippen LogP contribution is -2.17. The summed E-state index contributed by atoms with van der Waals surface area (Å²) in [5.41, 5.74) is 7.36. The number of carbonyl (C=O) groups excluding carboxylic acids is 1. The summed E-state index contributed by atoms with van der Waals surface area (Å²) in [5.74, 6) is -0.195. The minimum atomic E-state index is -3.79. The molecule has 7 heteroatoms. The van der Waals surface area contributed by atoms with Crippen LogP contribution in [0, 0.1) is 13.8 Å². The highest BCUT2D eigenvalue weighted by molar-refractivity contribution is 7.89. The average Bonchev–Trinajstić information content (AvgIpc) is 2.30. The van der Waals surface area contributed by atoms with Crippen LogP contribution < -0.4 is 16.2 Å². The molecule has 0 radical (unpaired) electrons. The molecule has 0 aliphatic heterocycles. The highest BCUT2D eigenvalue weighted by atomic mass is 32.2. The molecule has 1 aromatic rings. The van der Waals surface area contributed by atoms with Crippen LogP contribution in [0.5, 0.6) is 0 Å². The number of amides is 1. The summed E-state index contributed by atoms with van der Waals surface area (Å²) in [7, 11) is -3.79. The molecule has 0 spiro atoms. The first-order valence-electron chi connectivity index (χ1n) is 5.89. The molecular weight excluding hydrogens is 266 g/mol. The molecule has 1 rings (SSSR count). The molecule has 0 saturated heterocycles. The molecular formula is C12H19N3O3S. The number of anilines is 1. The van der Waals surface area contributed by atoms with Crippen molar-refractivity contribution in [2.45, 2.75) is 31.6 Å². The van der Waals surface area contributed by atoms with Gasteiger partial charge in [0.15, 0.2) is 0 Å². The Hall–Kier alpha value is -1.44. The zero-order valence-electron chi connectivity index (χ0n) is 11.1. The van der Waals surface area contributed by atoms with E-state index >= 15 is 0 Å². The predicted molar refractivity (Wildman–Crippen MR) is 74.2 cm³/mol. The molecule has 0 aliphatic rings. The second kappa shape index (κ2) is 6.14. The standard InChI is InChI=1S/C12H19N3O3S/c1-8-6-10(19(14,17)18)7-11(9(8)2)15-12(16)4-3-5-13/h6-7H,3-5,13H2,1-2H3,(H,15,16)(H2,14,17,18). The first-order chi connectivity index (χ1) is 8.75. The Morgan fingerprint density at radius 3 is 2.47 bits per heavy atom. The van der Waals surface area contributed by atoms with Crippen LogP contribution in [0.1, 0.15) is 24.0 Å². The smallest absolute Gasteiger partial charge is 0.238 e. The SMILES string of the molecule is Cc1cc(S(N)(=O)=O)cc(NC(=O)CCCN)c1C. The molecule has 106 valence electrons. The lowest BCUT2D eigenvalue weighted by Gasteiger charge is -2.12. The van der Waals surface area contributed by atoms with Gasteiger partial charge in [-0.2, -0.15) is 0 Å². The highest BCUT2D eigenvalue weighted by Crippen LogP contribution is 2.23. The maximum atomic E-state index is 11.6. The third-order valence-electron chi connectivity index (χ3n) is 2.85. The molecule has 19 heavy (non-hydrogen) atoms. The van der Waals surface area contributed by atoms with Crippen molar-refractivity contribution in [1.29, 1.82) is 0 Å². The summed E-state index contributed by atoms with van der Waals surface area (Å²) in [4.78, 5) is 11.6. The van der Waals surface area contributed by atoms with Crippen molar-refractivity contribution >= 4 is 21.6 Å². The Labute approximate surface area is 113 Å². The van der Waals surface area contributed by atoms with E-state index in [-0.39, 0.29) is 10.8 Å². The Morgan fingerprint density at radius 2 is 1.95 bits per heavy atom. The van der Waals surface area contributed by atoms with Crippen LogP contribution in [-0.4, -0.2) is 20.9 Å². The van der Waals surface area contributed by atoms with Gasteiger partial charge in [-0.05, 0) is 50.1 Å². The minimum absolute atomic E-state index is 0.00951. The number of benzene rings is 1. The minimum Gasteiger partial charge on any atom is -0.330 e. The third-order valence-corrected chi connectivity index (χ3v) is 3.74. The summed E-state index contributed by atoms with van der Waals surface area (Å²) in [6.45, 7) is 4.00. The topological polar surface area (TPSA) is 115 Å². The van der Waals surface area contributed by atoms with Crippen LogP contribution in [-0.2, 0) is 14.8 Å². The molecule has 0 aromatic heterocycles. The normalized spacial score (nSPS) is 11.4. The van der Waals surface area contributed by atoms with E-state index in [0.717, 1.165) is 11.1 Å². The summed E-state index contributed by atoms with van der Waals surface area (Å²) < 4.78 is 22.7. The summed E-state index contributed by atoms with van der Waals surface area (Å²) >= 11 is 0. The van der Waals surface area contributed by atoms with Crippen molar-refractivity contribution in [2.75, 3.05) is 11.9 Å². The van der Waals surface area contributed by atoms with E-state index in [4.69, 9.17) is 10.9 Å². The summed E-state index contributed by atoms with van der Waals surface area (Å²) in [5, 5.41) is 7.78. The van der Waals surface area contributed by atoms with Crippen molar-refractivity contribution in [1.82, 2.24) is 0 Å². The van der Waals surface area contributed by atoms with E-state index in [9.17, 15) is 13.2 Å². The van der Waals surface area contributed by atoms with Gasteiger partial charge in [-0.3, -0.25) is 4.79 Å². The lowest BCUT2D eigenvalue weighted by atomic mass is 10.1. The van der Waals surface area contributed by atoms with Crippen molar-refractivity contribution in [2.24, 2.45) is 10.9 Å². The third kappa shape index (κ3) is 4.30. The monoisotopic (exact) mass is 285 g/mol. The molecule has 0 atom stereocenters. The Bertz CT molecular complexity index is 582. The summed E-state index contributed by atoms with van der Waals surface area (Å²) in [6.07, 6.45) is 0.882. The van der Waals surface area contributed by atoms with Crippen LogP contribution in [0.3, 0.4) is 0 Å². The van der Waals surface area contributed by atoms with Gasteiger partial charge in [-0.1, -0.05) is 0 Å². The number of nitrogens with one attached hydrogen (secondary N) is 1. The molecule has 0 saturated carbocycles. The number of hydrogen-bond donors (Lipinski definition) is 3. The van der Waals surface area contributed by atoms with Gasteiger partial charge in [-0.25, -0.2) is 13.6 Å². The second-order valence-electron chi connectivity index (χ2n) is 4.40. The predicted octanol–water partition coefficient (Wildman–Crippen LogP) is 0.628. The van der Waals surface area contributed by atoms with Crippen LogP contribution >= 0.6 is 0 Å². The highest BCUT2D eigenvalue weighted by Gasteiger charge is 2.13. The van der Waals surface area contributed by atoms with Gasteiger partial charge in [0.1, 0.15) is 0 Å². The quantitative estimate of drug-likeness (QED) is 0.735. The van der Waals surface area contributed by atoms with E-state index in [1.165, 1.54) is 12.1 Å². The molecule has 1 aromatic carbocycles. The van der Waals surface area contributed by atoms with E-state index in [1.54, 1.807) is 13.8 Å². The molecule has 0 fully saturated rings. The maximum absolute atomic E-state index is 11.6. The fourth-order valence-electron chi connectivity index (χ4n) is 1.60. The Morgan fingerprint density at radius 1 is 1.32 bits per heavy atom. The Balaban J connectivity index is 3.07. The van der Waals surface area contributed by atoms with Crippen molar-refractivity contribution in [3.8, 4) is 0 Å². The second-order valence-corrected chi connectivity index (χ2v) is 5.96. The Kier molecular flexibility index (Phi) is 5.04. The first kappa shape index (κ1) is 15.6. The number of nitrogens with two attached hydrogens (primary N) is 2. The van der Waals surface area contributed by atoms with Gasteiger partial charge < -0.3 is 11.1 Å². The van der Waals surface area contributed by atoms with Gasteiger partial charge in [0, 0.05) is 12.1 Å². The van der Waals surface area contributed by atoms with Crippen molar-refractivity contribution in [3.63, 3.8) is 0 Å². The number of sulfonamides is 1. The van der Waals surface area contributed by atoms with Gasteiger partial charge >= 0.3 is 0 Å². The van der Waals surface area contributed by atoms with Crippen LogP contribution in [0.2, 0.25) is 0 Å². The number of carbonyl (C=O) groups is 1. The van der Waals surface area contributed by atoms with Gasteiger partial charge in [0.25, 0.3) is 0 Å². The van der Waals surface area contributed by atoms with Crippen molar-refractivity contribution in [3.05, 3.63) is 23.3 Å². The fraction of sp³-hybridized carbons (Fsp3) is 0.417. The number of rotatable bonds is 5. The molecule has 1 amide bonds. The largest absolute Gasteiger partial charge is 0.330 e. The zero-order chi connectivity index (χ0) is 14.6. The van der Waals surface area contributed by atoms with Crippen LogP contribution in [0.15, 0.2) is 17.0 Å². The van der Waals surface area contributed by atoms with Crippen LogP contribution in [0.4, 0.5) is 5.69 Å². The van der Waals surface area contributed by atoms with Crippen LogP contribution in [0.25, 0.3) is 0 Å². The number of aryl methyl sites for hydroxylation is 1. The molecule has 0 unspecified atom stereocenters. The van der Waals surface area contributed by atoms with E-state index in [2.05, 4.69) is 5.32 Å². The van der Waals surface area contributed by atoms with Gasteiger partial charge in [0.05, 0.1) is 4.90 Å². The molecule has 0 heterocycles. The van der Waals surface area contributed by atoms with E-state index < -0.39 is 10.0 Å². The average molecular weight is 285 g/mol. The summed E-state index contributed by atoms with van der Waals surface area (Å²) in [6, 6.07) is 2.86. The zero-order valence-corrected chi connectivity index (χ0v) is 11.9.